The maximum absolute atomic E-state index is 12.8. The molecular formula is C22H21N5O2. The molecule has 0 radical (unpaired) electrons. The number of carbonyl (C=O) groups excluding carboxylic acids is 1. The van der Waals surface area contributed by atoms with E-state index in [1.54, 1.807) is 4.68 Å². The Kier molecular flexibility index (Phi) is 4.72. The van der Waals surface area contributed by atoms with Crippen LogP contribution in [0, 0.1) is 20.8 Å². The predicted molar refractivity (Wildman–Crippen MR) is 112 cm³/mol. The first kappa shape index (κ1) is 18.6. The first-order chi connectivity index (χ1) is 13.9. The van der Waals surface area contributed by atoms with Crippen LogP contribution in [-0.4, -0.2) is 25.2 Å². The average molecular weight is 387 g/mol. The van der Waals surface area contributed by atoms with Crippen LogP contribution in [0.2, 0.25) is 0 Å². The summed E-state index contributed by atoms with van der Waals surface area (Å²) in [6.07, 6.45) is 2.89. The van der Waals surface area contributed by atoms with Crippen LogP contribution in [-0.2, 0) is 11.3 Å². The quantitative estimate of drug-likeness (QED) is 0.583. The molecule has 0 spiro atoms. The van der Waals surface area contributed by atoms with Crippen LogP contribution in [0.1, 0.15) is 16.7 Å². The van der Waals surface area contributed by atoms with Crippen LogP contribution < -0.4 is 10.9 Å². The predicted octanol–water partition coefficient (Wildman–Crippen LogP) is 3.15. The Morgan fingerprint density at radius 1 is 1.07 bits per heavy atom. The Morgan fingerprint density at radius 2 is 1.86 bits per heavy atom. The molecule has 0 unspecified atom stereocenters. The molecule has 1 amide bonds. The molecular weight excluding hydrogens is 366 g/mol. The van der Waals surface area contributed by atoms with Gasteiger partial charge in [0.25, 0.3) is 5.56 Å². The fourth-order valence-electron chi connectivity index (χ4n) is 3.36. The lowest BCUT2D eigenvalue weighted by atomic mass is 10.1. The molecule has 0 saturated carbocycles. The van der Waals surface area contributed by atoms with Gasteiger partial charge in [0.05, 0.1) is 11.9 Å². The number of aryl methyl sites for hydroxylation is 3. The highest BCUT2D eigenvalue weighted by molar-refractivity contribution is 5.90. The number of hydrogen-bond acceptors (Lipinski definition) is 4. The number of aromatic nitrogens is 4. The minimum absolute atomic E-state index is 0.121. The molecule has 0 atom stereocenters. The van der Waals surface area contributed by atoms with Crippen molar-refractivity contribution in [3.8, 4) is 5.69 Å². The van der Waals surface area contributed by atoms with Gasteiger partial charge in [-0.2, -0.15) is 5.10 Å². The number of hydrogen-bond donors (Lipinski definition) is 1. The zero-order valence-corrected chi connectivity index (χ0v) is 16.5. The second-order valence-electron chi connectivity index (χ2n) is 7.18. The third-order valence-corrected chi connectivity index (χ3v) is 4.75. The molecule has 4 rings (SSSR count). The van der Waals surface area contributed by atoms with Crippen LogP contribution >= 0.6 is 0 Å². The van der Waals surface area contributed by atoms with Crippen LogP contribution in [0.3, 0.4) is 0 Å². The van der Waals surface area contributed by atoms with Gasteiger partial charge in [0.15, 0.2) is 5.65 Å². The lowest BCUT2D eigenvalue weighted by molar-refractivity contribution is -0.116. The zero-order chi connectivity index (χ0) is 20.5. The van der Waals surface area contributed by atoms with Crippen LogP contribution in [0.5, 0.6) is 0 Å². The summed E-state index contributed by atoms with van der Waals surface area (Å²) in [6, 6.07) is 13.5. The molecule has 0 aliphatic rings. The van der Waals surface area contributed by atoms with Gasteiger partial charge in [-0.25, -0.2) is 9.67 Å². The van der Waals surface area contributed by atoms with Gasteiger partial charge in [0.1, 0.15) is 18.3 Å². The van der Waals surface area contributed by atoms with E-state index >= 15 is 0 Å². The molecule has 0 saturated heterocycles. The van der Waals surface area contributed by atoms with Gasteiger partial charge >= 0.3 is 0 Å². The summed E-state index contributed by atoms with van der Waals surface area (Å²) in [7, 11) is 0. The SMILES string of the molecule is Cc1cccc(NC(=O)Cn2cnc3c(cnn3-c3ccc(C)cc3C)c2=O)c1. The summed E-state index contributed by atoms with van der Waals surface area (Å²) in [6.45, 7) is 5.85. The monoisotopic (exact) mass is 387 g/mol. The minimum Gasteiger partial charge on any atom is -0.325 e. The van der Waals surface area contributed by atoms with Gasteiger partial charge in [-0.05, 0) is 50.1 Å². The van der Waals surface area contributed by atoms with E-state index in [1.807, 2.05) is 57.2 Å². The Morgan fingerprint density at radius 3 is 2.62 bits per heavy atom. The average Bonchev–Trinajstić information content (AvgIpc) is 3.08. The van der Waals surface area contributed by atoms with Crippen LogP contribution in [0.15, 0.2) is 59.8 Å². The number of carbonyl (C=O) groups is 1. The summed E-state index contributed by atoms with van der Waals surface area (Å²) in [5.74, 6) is -0.291. The van der Waals surface area contributed by atoms with Gasteiger partial charge in [0, 0.05) is 5.69 Å². The van der Waals surface area contributed by atoms with Crippen molar-refractivity contribution in [3.63, 3.8) is 0 Å². The molecule has 7 heteroatoms. The lowest BCUT2D eigenvalue weighted by Crippen LogP contribution is -2.27. The van der Waals surface area contributed by atoms with Crippen molar-refractivity contribution < 1.29 is 4.79 Å². The van der Waals surface area contributed by atoms with Gasteiger partial charge in [-0.3, -0.25) is 14.2 Å². The van der Waals surface area contributed by atoms with Crippen LogP contribution in [0.4, 0.5) is 5.69 Å². The number of benzene rings is 2. The highest BCUT2D eigenvalue weighted by atomic mass is 16.2. The van der Waals surface area contributed by atoms with Gasteiger partial charge in [0.2, 0.25) is 5.91 Å². The molecule has 0 aliphatic heterocycles. The fraction of sp³-hybridized carbons (Fsp3) is 0.182. The minimum atomic E-state index is -0.301. The summed E-state index contributed by atoms with van der Waals surface area (Å²) in [4.78, 5) is 29.6. The normalized spacial score (nSPS) is 11.0. The Bertz CT molecular complexity index is 1290. The largest absolute Gasteiger partial charge is 0.325 e. The van der Waals surface area contributed by atoms with E-state index in [0.29, 0.717) is 16.7 Å². The van der Waals surface area contributed by atoms with E-state index in [2.05, 4.69) is 21.5 Å². The van der Waals surface area contributed by atoms with Crippen molar-refractivity contribution in [1.82, 2.24) is 19.3 Å². The first-order valence-electron chi connectivity index (χ1n) is 9.30. The fourth-order valence-corrected chi connectivity index (χ4v) is 3.36. The summed E-state index contributed by atoms with van der Waals surface area (Å²) < 4.78 is 2.95. The van der Waals surface area contributed by atoms with Crippen LogP contribution in [0.25, 0.3) is 16.7 Å². The number of rotatable bonds is 4. The van der Waals surface area contributed by atoms with E-state index in [4.69, 9.17) is 0 Å². The highest BCUT2D eigenvalue weighted by Crippen LogP contribution is 2.18. The molecule has 2 aromatic carbocycles. The first-order valence-corrected chi connectivity index (χ1v) is 9.30. The van der Waals surface area contributed by atoms with E-state index in [9.17, 15) is 9.59 Å². The number of fused-ring (bicyclic) bond motifs is 1. The smallest absolute Gasteiger partial charge is 0.264 e. The summed E-state index contributed by atoms with van der Waals surface area (Å²) in [5, 5.41) is 7.53. The number of nitrogens with zero attached hydrogens (tertiary/aromatic N) is 4. The van der Waals surface area contributed by atoms with Gasteiger partial charge in [-0.15, -0.1) is 0 Å². The lowest BCUT2D eigenvalue weighted by Gasteiger charge is -2.09. The van der Waals surface area contributed by atoms with E-state index < -0.39 is 0 Å². The topological polar surface area (TPSA) is 81.8 Å². The highest BCUT2D eigenvalue weighted by Gasteiger charge is 2.14. The number of amides is 1. The molecule has 146 valence electrons. The molecule has 4 aromatic rings. The third kappa shape index (κ3) is 3.67. The number of nitrogens with one attached hydrogen (secondary N) is 1. The number of anilines is 1. The molecule has 0 bridgehead atoms. The van der Waals surface area contributed by atoms with E-state index in [-0.39, 0.29) is 18.0 Å². The molecule has 1 N–H and O–H groups in total. The molecule has 29 heavy (non-hydrogen) atoms. The molecule has 7 nitrogen and oxygen atoms in total. The van der Waals surface area contributed by atoms with Crippen molar-refractivity contribution in [1.29, 1.82) is 0 Å². The second-order valence-corrected chi connectivity index (χ2v) is 7.18. The Balaban J connectivity index is 1.63. The van der Waals surface area contributed by atoms with Crippen molar-refractivity contribution in [2.24, 2.45) is 0 Å². The zero-order valence-electron chi connectivity index (χ0n) is 16.5. The summed E-state index contributed by atoms with van der Waals surface area (Å²) in [5.41, 5.74) is 4.97. The second kappa shape index (κ2) is 7.35. The Hall–Kier alpha value is -3.74. The maximum atomic E-state index is 12.8. The Labute approximate surface area is 167 Å². The van der Waals surface area contributed by atoms with Crippen molar-refractivity contribution in [3.05, 3.63) is 82.0 Å². The van der Waals surface area contributed by atoms with Gasteiger partial charge < -0.3 is 5.32 Å². The van der Waals surface area contributed by atoms with Gasteiger partial charge in [-0.1, -0.05) is 29.8 Å². The van der Waals surface area contributed by atoms with E-state index in [1.165, 1.54) is 17.1 Å². The van der Waals surface area contributed by atoms with Crippen molar-refractivity contribution >= 4 is 22.6 Å². The van der Waals surface area contributed by atoms with Crippen molar-refractivity contribution in [2.75, 3.05) is 5.32 Å². The summed E-state index contributed by atoms with van der Waals surface area (Å²) >= 11 is 0. The van der Waals surface area contributed by atoms with E-state index in [0.717, 1.165) is 22.4 Å². The van der Waals surface area contributed by atoms with Crippen molar-refractivity contribution in [2.45, 2.75) is 27.3 Å². The standard InChI is InChI=1S/C22H21N5O2/c1-14-5-4-6-17(10-14)25-20(28)12-26-13-23-21-18(22(26)29)11-24-27(21)19-8-7-15(2)9-16(19)3/h4-11,13H,12H2,1-3H3,(H,25,28). The molecule has 2 heterocycles. The third-order valence-electron chi connectivity index (χ3n) is 4.75. The molecule has 0 fully saturated rings. The molecule has 2 aromatic heterocycles. The molecule has 0 aliphatic carbocycles. The maximum Gasteiger partial charge on any atom is 0.264 e.